The van der Waals surface area contributed by atoms with Gasteiger partial charge in [0.2, 0.25) is 11.8 Å². The third kappa shape index (κ3) is 8.06. The molecule has 8 nitrogen and oxygen atoms in total. The van der Waals surface area contributed by atoms with Crippen LogP contribution in [-0.4, -0.2) is 50.4 Å². The van der Waals surface area contributed by atoms with Gasteiger partial charge in [-0.05, 0) is 69.2 Å². The second-order valence-electron chi connectivity index (χ2n) is 10.5. The van der Waals surface area contributed by atoms with E-state index in [2.05, 4.69) is 5.32 Å². The van der Waals surface area contributed by atoms with Crippen LogP contribution in [0.3, 0.4) is 0 Å². The molecule has 43 heavy (non-hydrogen) atoms. The zero-order valence-electron chi connectivity index (χ0n) is 24.3. The maximum atomic E-state index is 14.8. The molecule has 0 heterocycles. The number of benzene rings is 3. The average Bonchev–Trinajstić information content (AvgIpc) is 3.00. The lowest BCUT2D eigenvalue weighted by Crippen LogP contribution is -2.53. The Bertz CT molecular complexity index is 1510. The Morgan fingerprint density at radius 3 is 2.33 bits per heavy atom. The van der Waals surface area contributed by atoms with Crippen LogP contribution in [-0.2, 0) is 26.2 Å². The summed E-state index contributed by atoms with van der Waals surface area (Å²) in [7, 11) is -4.32. The fourth-order valence-corrected chi connectivity index (χ4v) is 6.70. The maximum absolute atomic E-state index is 14.8. The molecule has 4 rings (SSSR count). The van der Waals surface area contributed by atoms with Gasteiger partial charge in [0.25, 0.3) is 10.0 Å². The highest BCUT2D eigenvalue weighted by molar-refractivity contribution is 7.92. The molecule has 1 aliphatic carbocycles. The number of ether oxygens (including phenoxy) is 1. The first-order valence-electron chi connectivity index (χ1n) is 14.4. The molecule has 0 spiro atoms. The Labute approximate surface area is 257 Å². The summed E-state index contributed by atoms with van der Waals surface area (Å²) in [6, 6.07) is 17.1. The first-order valence-corrected chi connectivity index (χ1v) is 16.3. The summed E-state index contributed by atoms with van der Waals surface area (Å²) in [5.74, 6) is -1.33. The molecule has 1 aliphatic rings. The van der Waals surface area contributed by atoms with Crippen molar-refractivity contribution < 1.29 is 27.1 Å². The highest BCUT2D eigenvalue weighted by atomic mass is 35.5. The minimum Gasteiger partial charge on any atom is -0.492 e. The smallest absolute Gasteiger partial charge is 0.264 e. The lowest BCUT2D eigenvalue weighted by atomic mass is 9.95. The van der Waals surface area contributed by atoms with Crippen molar-refractivity contribution in [1.82, 2.24) is 10.2 Å². The topological polar surface area (TPSA) is 96.0 Å². The molecule has 1 fully saturated rings. The molecular formula is C32H37ClFN3O5S. The number of carbonyl (C=O) groups is 2. The van der Waals surface area contributed by atoms with Crippen LogP contribution < -0.4 is 14.4 Å². The molecule has 0 radical (unpaired) electrons. The van der Waals surface area contributed by atoms with Crippen molar-refractivity contribution in [2.24, 2.45) is 0 Å². The van der Waals surface area contributed by atoms with E-state index in [1.54, 1.807) is 44.2 Å². The van der Waals surface area contributed by atoms with Crippen molar-refractivity contribution in [2.75, 3.05) is 17.5 Å². The normalized spacial score (nSPS) is 14.5. The van der Waals surface area contributed by atoms with Crippen molar-refractivity contribution in [3.05, 3.63) is 89.2 Å². The molecule has 1 unspecified atom stereocenters. The van der Waals surface area contributed by atoms with Crippen LogP contribution in [0.4, 0.5) is 10.1 Å². The van der Waals surface area contributed by atoms with Gasteiger partial charge < -0.3 is 15.0 Å². The molecule has 3 aromatic rings. The zero-order valence-corrected chi connectivity index (χ0v) is 25.9. The standard InChI is InChI=1S/C32H37ClFN3O5S/c1-3-42-30-16-10-9-15-29(30)37(43(40,41)27-19-17-25(33)18-20-27)22-31(38)36(21-24-11-7-8-14-28(24)34)23(2)32(39)35-26-12-5-4-6-13-26/h7-11,14-20,23,26H,3-6,12-13,21-22H2,1-2H3,(H,35,39). The van der Waals surface area contributed by atoms with Crippen molar-refractivity contribution >= 4 is 39.1 Å². The Morgan fingerprint density at radius 2 is 1.65 bits per heavy atom. The highest BCUT2D eigenvalue weighted by Gasteiger charge is 2.34. The number of hydrogen-bond acceptors (Lipinski definition) is 5. The van der Waals surface area contributed by atoms with E-state index in [1.807, 2.05) is 0 Å². The number of nitrogens with one attached hydrogen (secondary N) is 1. The number of hydrogen-bond donors (Lipinski definition) is 1. The summed E-state index contributed by atoms with van der Waals surface area (Å²) in [6.45, 7) is 2.71. The molecule has 230 valence electrons. The minimum atomic E-state index is -4.32. The van der Waals surface area contributed by atoms with E-state index in [-0.39, 0.29) is 47.0 Å². The van der Waals surface area contributed by atoms with Crippen LogP contribution >= 0.6 is 11.6 Å². The van der Waals surface area contributed by atoms with Gasteiger partial charge in [0.1, 0.15) is 24.2 Å². The summed E-state index contributed by atoms with van der Waals surface area (Å²) < 4.78 is 49.6. The molecule has 3 aromatic carbocycles. The second-order valence-corrected chi connectivity index (χ2v) is 12.8. The van der Waals surface area contributed by atoms with Crippen LogP contribution in [0.15, 0.2) is 77.7 Å². The van der Waals surface area contributed by atoms with Crippen molar-refractivity contribution in [3.8, 4) is 5.75 Å². The molecule has 2 amide bonds. The largest absolute Gasteiger partial charge is 0.492 e. The monoisotopic (exact) mass is 629 g/mol. The van der Waals surface area contributed by atoms with E-state index in [1.165, 1.54) is 47.4 Å². The van der Waals surface area contributed by atoms with Crippen LogP contribution in [0.2, 0.25) is 5.02 Å². The van der Waals surface area contributed by atoms with Gasteiger partial charge in [-0.1, -0.05) is 61.2 Å². The predicted molar refractivity (Wildman–Crippen MR) is 165 cm³/mol. The van der Waals surface area contributed by atoms with Gasteiger partial charge in [-0.25, -0.2) is 12.8 Å². The summed E-state index contributed by atoms with van der Waals surface area (Å²) in [5.41, 5.74) is 0.354. The molecule has 1 N–H and O–H groups in total. The van der Waals surface area contributed by atoms with Gasteiger partial charge in [-0.3, -0.25) is 13.9 Å². The Balaban J connectivity index is 1.72. The van der Waals surface area contributed by atoms with E-state index in [9.17, 15) is 22.4 Å². The number of carbonyl (C=O) groups excluding carboxylic acids is 2. The first-order chi connectivity index (χ1) is 20.6. The number of sulfonamides is 1. The first kappa shape index (κ1) is 32.3. The SMILES string of the molecule is CCOc1ccccc1N(CC(=O)N(Cc1ccccc1F)C(C)C(=O)NC1CCCCC1)S(=O)(=O)c1ccc(Cl)cc1. The number of para-hydroxylation sites is 2. The van der Waals surface area contributed by atoms with Crippen LogP contribution in [0, 0.1) is 5.82 Å². The lowest BCUT2D eigenvalue weighted by molar-refractivity contribution is -0.139. The predicted octanol–water partition coefficient (Wildman–Crippen LogP) is 5.94. The fourth-order valence-electron chi connectivity index (χ4n) is 5.15. The molecule has 1 atom stereocenters. The zero-order chi connectivity index (χ0) is 31.0. The van der Waals surface area contributed by atoms with Gasteiger partial charge >= 0.3 is 0 Å². The quantitative estimate of drug-likeness (QED) is 0.268. The van der Waals surface area contributed by atoms with Crippen LogP contribution in [0.25, 0.3) is 0 Å². The Hall–Kier alpha value is -3.63. The molecule has 0 aliphatic heterocycles. The number of rotatable bonds is 12. The van der Waals surface area contributed by atoms with Crippen molar-refractivity contribution in [2.45, 2.75) is 69.5 Å². The number of anilines is 1. The van der Waals surface area contributed by atoms with E-state index >= 15 is 0 Å². The highest BCUT2D eigenvalue weighted by Crippen LogP contribution is 2.33. The van der Waals surface area contributed by atoms with Gasteiger partial charge in [-0.2, -0.15) is 0 Å². The summed E-state index contributed by atoms with van der Waals surface area (Å²) >= 11 is 6.02. The van der Waals surface area contributed by atoms with Crippen LogP contribution in [0.5, 0.6) is 5.75 Å². The van der Waals surface area contributed by atoms with E-state index in [4.69, 9.17) is 16.3 Å². The maximum Gasteiger partial charge on any atom is 0.264 e. The number of halogens is 2. The molecule has 0 aromatic heterocycles. The molecule has 0 saturated heterocycles. The van der Waals surface area contributed by atoms with Gasteiger partial charge in [0.15, 0.2) is 0 Å². The molecule has 0 bridgehead atoms. The summed E-state index contributed by atoms with van der Waals surface area (Å²) in [6.07, 6.45) is 4.82. The van der Waals surface area contributed by atoms with Gasteiger partial charge in [0.05, 0.1) is 17.2 Å². The van der Waals surface area contributed by atoms with E-state index < -0.39 is 34.3 Å². The third-order valence-corrected chi connectivity index (χ3v) is 9.56. The molecule has 11 heteroatoms. The minimum absolute atomic E-state index is 0.00559. The Morgan fingerprint density at radius 1 is 1.00 bits per heavy atom. The van der Waals surface area contributed by atoms with Gasteiger partial charge in [0, 0.05) is 23.2 Å². The summed E-state index contributed by atoms with van der Waals surface area (Å²) in [5, 5.41) is 3.39. The Kier molecular flexibility index (Phi) is 11.0. The third-order valence-electron chi connectivity index (χ3n) is 7.53. The van der Waals surface area contributed by atoms with E-state index in [0.717, 1.165) is 36.4 Å². The second kappa shape index (κ2) is 14.7. The van der Waals surface area contributed by atoms with E-state index in [0.29, 0.717) is 5.02 Å². The van der Waals surface area contributed by atoms with Gasteiger partial charge in [-0.15, -0.1) is 0 Å². The van der Waals surface area contributed by atoms with Crippen molar-refractivity contribution in [1.29, 1.82) is 0 Å². The average molecular weight is 630 g/mol. The fraction of sp³-hybridized carbons (Fsp3) is 0.375. The molecule has 1 saturated carbocycles. The van der Waals surface area contributed by atoms with Crippen molar-refractivity contribution in [3.63, 3.8) is 0 Å². The van der Waals surface area contributed by atoms with Crippen LogP contribution in [0.1, 0.15) is 51.5 Å². The lowest BCUT2D eigenvalue weighted by Gasteiger charge is -2.33. The molecular weight excluding hydrogens is 593 g/mol. The summed E-state index contributed by atoms with van der Waals surface area (Å²) in [4.78, 5) is 28.7. The number of nitrogens with zero attached hydrogens (tertiary/aromatic N) is 2. The number of amides is 2.